The van der Waals surface area contributed by atoms with Crippen molar-refractivity contribution >= 4 is 43.7 Å². The summed E-state index contributed by atoms with van der Waals surface area (Å²) in [5, 5.41) is 4.85. The van der Waals surface area contributed by atoms with Crippen LogP contribution in [0.3, 0.4) is 0 Å². The molecule has 8 aromatic rings. The number of aromatic nitrogens is 1. The van der Waals surface area contributed by atoms with Crippen molar-refractivity contribution in [1.82, 2.24) is 4.57 Å². The number of furan rings is 1. The first-order chi connectivity index (χ1) is 19.3. The largest absolute Gasteiger partial charge is 0.456 e. The van der Waals surface area contributed by atoms with Crippen LogP contribution in [0.5, 0.6) is 0 Å². The van der Waals surface area contributed by atoms with Crippen LogP contribution in [0.15, 0.2) is 132 Å². The van der Waals surface area contributed by atoms with Gasteiger partial charge in [0.2, 0.25) is 0 Å². The van der Waals surface area contributed by atoms with Crippen LogP contribution in [-0.4, -0.2) is 4.57 Å². The Kier molecular flexibility index (Phi) is 4.14. The molecule has 6 aromatic carbocycles. The zero-order valence-electron chi connectivity index (χ0n) is 21.2. The summed E-state index contributed by atoms with van der Waals surface area (Å²) < 4.78 is 8.49. The highest BCUT2D eigenvalue weighted by molar-refractivity contribution is 6.11. The number of rotatable bonds is 2. The van der Waals surface area contributed by atoms with Gasteiger partial charge in [-0.2, -0.15) is 0 Å². The van der Waals surface area contributed by atoms with Gasteiger partial charge in [0.15, 0.2) is 0 Å². The minimum Gasteiger partial charge on any atom is -0.456 e. The molecule has 0 saturated heterocycles. The minimum atomic E-state index is 0.927. The highest BCUT2D eigenvalue weighted by atomic mass is 16.3. The maximum absolute atomic E-state index is 6.07. The molecule has 9 rings (SSSR count). The van der Waals surface area contributed by atoms with Crippen LogP contribution in [0.25, 0.3) is 71.7 Å². The fourth-order valence-corrected chi connectivity index (χ4v) is 6.59. The van der Waals surface area contributed by atoms with Crippen LogP contribution in [0.2, 0.25) is 0 Å². The van der Waals surface area contributed by atoms with E-state index in [-0.39, 0.29) is 0 Å². The predicted molar refractivity (Wildman–Crippen MR) is 162 cm³/mol. The average molecular weight is 498 g/mol. The fourth-order valence-electron chi connectivity index (χ4n) is 6.59. The Morgan fingerprint density at radius 2 is 1.15 bits per heavy atom. The lowest BCUT2D eigenvalue weighted by atomic mass is 10.0. The highest BCUT2D eigenvalue weighted by Gasteiger charge is 2.20. The molecule has 0 radical (unpaired) electrons. The van der Waals surface area contributed by atoms with Gasteiger partial charge in [-0.1, -0.05) is 78.9 Å². The number of fused-ring (bicyclic) bond motifs is 9. The molecular formula is C37H23NO. The summed E-state index contributed by atoms with van der Waals surface area (Å²) in [7, 11) is 0. The Hall–Kier alpha value is -5.08. The molecule has 2 nitrogen and oxygen atoms in total. The molecule has 2 aromatic heterocycles. The molecule has 0 saturated carbocycles. The highest BCUT2D eigenvalue weighted by Crippen LogP contribution is 2.40. The summed E-state index contributed by atoms with van der Waals surface area (Å²) >= 11 is 0. The van der Waals surface area contributed by atoms with E-state index in [1.807, 2.05) is 12.1 Å². The molecule has 0 atom stereocenters. The van der Waals surface area contributed by atoms with Crippen molar-refractivity contribution in [2.24, 2.45) is 0 Å². The van der Waals surface area contributed by atoms with E-state index in [0.29, 0.717) is 0 Å². The SMILES string of the molecule is c1ccc2c(c1)Cc1ccc(-n3c4ccccc4c4cc(-c5ccc6oc7ccccc7c6c5)ccc43)cc1-2. The van der Waals surface area contributed by atoms with E-state index in [2.05, 4.69) is 120 Å². The van der Waals surface area contributed by atoms with Gasteiger partial charge in [-0.05, 0) is 88.3 Å². The van der Waals surface area contributed by atoms with Crippen molar-refractivity contribution in [3.63, 3.8) is 0 Å². The topological polar surface area (TPSA) is 18.1 Å². The number of hydrogen-bond donors (Lipinski definition) is 0. The first kappa shape index (κ1) is 20.9. The summed E-state index contributed by atoms with van der Waals surface area (Å²) in [5.41, 5.74) is 13.5. The van der Waals surface area contributed by atoms with Gasteiger partial charge in [-0.25, -0.2) is 0 Å². The van der Waals surface area contributed by atoms with Gasteiger partial charge in [0.25, 0.3) is 0 Å². The molecule has 1 aliphatic carbocycles. The Morgan fingerprint density at radius 1 is 0.462 bits per heavy atom. The van der Waals surface area contributed by atoms with Crippen LogP contribution in [0.4, 0.5) is 0 Å². The Balaban J connectivity index is 1.25. The summed E-state index contributed by atoms with van der Waals surface area (Å²) in [6.07, 6.45) is 1.01. The zero-order chi connectivity index (χ0) is 25.5. The van der Waals surface area contributed by atoms with Crippen LogP contribution in [-0.2, 0) is 6.42 Å². The number of nitrogens with zero attached hydrogens (tertiary/aromatic N) is 1. The zero-order valence-corrected chi connectivity index (χ0v) is 21.2. The molecule has 2 heterocycles. The van der Waals surface area contributed by atoms with Gasteiger partial charge in [-0.3, -0.25) is 0 Å². The van der Waals surface area contributed by atoms with Gasteiger partial charge < -0.3 is 8.98 Å². The van der Waals surface area contributed by atoms with E-state index >= 15 is 0 Å². The standard InChI is InChI=1S/C37H23NO/c1-2-8-28-25(7-1)19-26-13-16-27(22-31(26)28)38-34-11-5-3-9-29(34)32-20-23(14-17-35(32)38)24-15-18-37-33(21-24)30-10-4-6-12-36(30)39-37/h1-18,20-22H,19H2. The lowest BCUT2D eigenvalue weighted by Gasteiger charge is -2.11. The molecule has 39 heavy (non-hydrogen) atoms. The lowest BCUT2D eigenvalue weighted by Crippen LogP contribution is -1.95. The first-order valence-corrected chi connectivity index (χ1v) is 13.5. The number of benzene rings is 6. The molecule has 0 bridgehead atoms. The molecule has 0 unspecified atom stereocenters. The third-order valence-electron chi connectivity index (χ3n) is 8.42. The maximum atomic E-state index is 6.07. The minimum absolute atomic E-state index is 0.927. The van der Waals surface area contributed by atoms with Gasteiger partial charge in [0, 0.05) is 27.2 Å². The van der Waals surface area contributed by atoms with E-state index in [4.69, 9.17) is 4.42 Å². The van der Waals surface area contributed by atoms with Crippen LogP contribution in [0, 0.1) is 0 Å². The van der Waals surface area contributed by atoms with Crippen molar-refractivity contribution < 1.29 is 4.42 Å². The van der Waals surface area contributed by atoms with E-state index in [0.717, 1.165) is 28.4 Å². The second-order valence-corrected chi connectivity index (χ2v) is 10.6. The second-order valence-electron chi connectivity index (χ2n) is 10.6. The predicted octanol–water partition coefficient (Wildman–Crippen LogP) is 9.92. The third-order valence-corrected chi connectivity index (χ3v) is 8.42. The number of hydrogen-bond acceptors (Lipinski definition) is 1. The van der Waals surface area contributed by atoms with Crippen molar-refractivity contribution in [2.45, 2.75) is 6.42 Å². The molecule has 182 valence electrons. The number of para-hydroxylation sites is 2. The Labute approximate surface area is 225 Å². The summed E-state index contributed by atoms with van der Waals surface area (Å²) in [6.45, 7) is 0. The fraction of sp³-hybridized carbons (Fsp3) is 0.0270. The maximum Gasteiger partial charge on any atom is 0.135 e. The Bertz CT molecular complexity index is 2260. The van der Waals surface area contributed by atoms with E-state index in [1.165, 1.54) is 60.9 Å². The molecule has 0 amide bonds. The first-order valence-electron chi connectivity index (χ1n) is 13.5. The second kappa shape index (κ2) is 7.72. The van der Waals surface area contributed by atoms with Crippen LogP contribution >= 0.6 is 0 Å². The molecule has 0 aliphatic heterocycles. The third kappa shape index (κ3) is 2.97. The average Bonchev–Trinajstić information content (AvgIpc) is 3.65. The normalized spacial score (nSPS) is 12.5. The van der Waals surface area contributed by atoms with Crippen LogP contribution in [0.1, 0.15) is 11.1 Å². The van der Waals surface area contributed by atoms with Crippen molar-refractivity contribution in [1.29, 1.82) is 0 Å². The summed E-state index contributed by atoms with van der Waals surface area (Å²) in [4.78, 5) is 0. The molecule has 0 fully saturated rings. The van der Waals surface area contributed by atoms with Gasteiger partial charge in [-0.15, -0.1) is 0 Å². The molecular weight excluding hydrogens is 474 g/mol. The molecule has 1 aliphatic rings. The smallest absolute Gasteiger partial charge is 0.135 e. The molecule has 0 N–H and O–H groups in total. The van der Waals surface area contributed by atoms with Gasteiger partial charge in [0.05, 0.1) is 11.0 Å². The lowest BCUT2D eigenvalue weighted by molar-refractivity contribution is 0.669. The van der Waals surface area contributed by atoms with E-state index < -0.39 is 0 Å². The van der Waals surface area contributed by atoms with Crippen molar-refractivity contribution in [3.8, 4) is 27.9 Å². The Morgan fingerprint density at radius 3 is 2.10 bits per heavy atom. The summed E-state index contributed by atoms with van der Waals surface area (Å²) in [6, 6.07) is 46.2. The molecule has 2 heteroatoms. The van der Waals surface area contributed by atoms with Crippen molar-refractivity contribution in [3.05, 3.63) is 139 Å². The van der Waals surface area contributed by atoms with Gasteiger partial charge in [0.1, 0.15) is 11.2 Å². The molecule has 0 spiro atoms. The van der Waals surface area contributed by atoms with Gasteiger partial charge >= 0.3 is 0 Å². The summed E-state index contributed by atoms with van der Waals surface area (Å²) in [5.74, 6) is 0. The monoisotopic (exact) mass is 497 g/mol. The van der Waals surface area contributed by atoms with Crippen molar-refractivity contribution in [2.75, 3.05) is 0 Å². The quantitative estimate of drug-likeness (QED) is 0.232. The van der Waals surface area contributed by atoms with E-state index in [1.54, 1.807) is 0 Å². The van der Waals surface area contributed by atoms with E-state index in [9.17, 15) is 0 Å². The van der Waals surface area contributed by atoms with Crippen LogP contribution < -0.4 is 0 Å².